The number of ether oxygens (including phenoxy) is 2. The molecule has 0 N–H and O–H groups in total. The van der Waals surface area contributed by atoms with Gasteiger partial charge in [0.05, 0.1) is 48.5 Å². The molecule has 6 nitrogen and oxygen atoms in total. The molecule has 0 spiro atoms. The molecule has 0 amide bonds. The maximum atomic E-state index is 14.1. The predicted molar refractivity (Wildman–Crippen MR) is 128 cm³/mol. The smallest absolute Gasteiger partial charge is 0.315 e. The largest absolute Gasteiger partial charge is 0.495 e. The van der Waals surface area contributed by atoms with Crippen LogP contribution in [0.4, 0.5) is 5.69 Å². The molecule has 0 saturated carbocycles. The number of hydrogen-bond acceptors (Lipinski definition) is 6. The van der Waals surface area contributed by atoms with Crippen molar-refractivity contribution in [3.8, 4) is 5.75 Å². The van der Waals surface area contributed by atoms with Crippen LogP contribution in [0.2, 0.25) is 0 Å². The second-order valence-corrected chi connectivity index (χ2v) is 10.8. The van der Waals surface area contributed by atoms with E-state index in [1.165, 1.54) is 18.9 Å². The van der Waals surface area contributed by atoms with Crippen molar-refractivity contribution in [1.82, 2.24) is 0 Å². The number of fused-ring (bicyclic) bond motifs is 1. The van der Waals surface area contributed by atoms with E-state index < -0.39 is 9.92 Å². The normalized spacial score (nSPS) is 18.1. The summed E-state index contributed by atoms with van der Waals surface area (Å²) >= 11 is 4.77. The van der Waals surface area contributed by atoms with Crippen LogP contribution in [0.15, 0.2) is 73.2 Å². The molecule has 1 aliphatic heterocycles. The predicted octanol–water partition coefficient (Wildman–Crippen LogP) is 5.14. The molecule has 3 aromatic carbocycles. The minimum absolute atomic E-state index is 0.150. The zero-order valence-electron chi connectivity index (χ0n) is 17.0. The van der Waals surface area contributed by atoms with Gasteiger partial charge in [-0.05, 0) is 30.3 Å². The highest BCUT2D eigenvalue weighted by Gasteiger charge is 2.30. The van der Waals surface area contributed by atoms with Crippen LogP contribution in [0.1, 0.15) is 0 Å². The topological polar surface area (TPSA) is 68.2 Å². The average Bonchev–Trinajstić information content (AvgIpc) is 3.19. The number of halogens is 1. The van der Waals surface area contributed by atoms with Gasteiger partial charge in [0.15, 0.2) is 9.92 Å². The van der Waals surface area contributed by atoms with Crippen molar-refractivity contribution >= 4 is 60.0 Å². The SMILES string of the molecule is COC(=O)CSc1cc(N2CCN=S2(=O)c2ccc(Br)cc2)c2ccccc2c1OC. The van der Waals surface area contributed by atoms with E-state index in [9.17, 15) is 9.00 Å². The van der Waals surface area contributed by atoms with Crippen molar-refractivity contribution in [3.63, 3.8) is 0 Å². The molecule has 1 heterocycles. The number of methoxy groups -OCH3 is 2. The first-order valence-corrected chi connectivity index (χ1v) is 12.8. The Morgan fingerprint density at radius 1 is 1.16 bits per heavy atom. The third-order valence-electron chi connectivity index (χ3n) is 4.97. The summed E-state index contributed by atoms with van der Waals surface area (Å²) in [5.41, 5.74) is 0.804. The van der Waals surface area contributed by atoms with E-state index in [0.29, 0.717) is 23.7 Å². The summed E-state index contributed by atoms with van der Waals surface area (Å²) in [5, 5.41) is 1.81. The van der Waals surface area contributed by atoms with E-state index in [1.54, 1.807) is 7.11 Å². The molecule has 0 bridgehead atoms. The van der Waals surface area contributed by atoms with E-state index in [2.05, 4.69) is 20.3 Å². The number of thioether (sulfide) groups is 1. The number of anilines is 1. The second-order valence-electron chi connectivity index (χ2n) is 6.74. The molecule has 162 valence electrons. The lowest BCUT2D eigenvalue weighted by Gasteiger charge is -2.26. The zero-order chi connectivity index (χ0) is 22.0. The lowest BCUT2D eigenvalue weighted by Crippen LogP contribution is -2.27. The number of benzene rings is 3. The van der Waals surface area contributed by atoms with E-state index in [0.717, 1.165) is 25.8 Å². The van der Waals surface area contributed by atoms with Crippen LogP contribution in [-0.4, -0.2) is 43.2 Å². The standard InChI is InChI=1S/C22H21BrN2O4S2/c1-28-21(26)14-30-20-13-19(17-5-3-4-6-18(17)22(20)29-2)25-12-11-24-31(25,27)16-9-7-15(23)8-10-16/h3-10,13H,11-12,14H2,1-2H3. The van der Waals surface area contributed by atoms with Gasteiger partial charge in [0, 0.05) is 15.2 Å². The summed E-state index contributed by atoms with van der Waals surface area (Å²) in [4.78, 5) is 13.2. The third-order valence-corrected chi connectivity index (χ3v) is 8.89. The highest BCUT2D eigenvalue weighted by Crippen LogP contribution is 2.44. The highest BCUT2D eigenvalue weighted by molar-refractivity contribution is 9.10. The van der Waals surface area contributed by atoms with Crippen molar-refractivity contribution in [1.29, 1.82) is 0 Å². The molecule has 0 fully saturated rings. The van der Waals surface area contributed by atoms with Crippen molar-refractivity contribution in [2.45, 2.75) is 9.79 Å². The fourth-order valence-corrected chi connectivity index (χ4v) is 6.82. The molecule has 9 heteroatoms. The van der Waals surface area contributed by atoms with Crippen LogP contribution < -0.4 is 9.04 Å². The first-order valence-electron chi connectivity index (χ1n) is 9.53. The molecule has 1 aliphatic rings. The van der Waals surface area contributed by atoms with E-state index in [-0.39, 0.29) is 11.7 Å². The lowest BCUT2D eigenvalue weighted by molar-refractivity contribution is -0.137. The highest BCUT2D eigenvalue weighted by atomic mass is 79.9. The number of hydrogen-bond donors (Lipinski definition) is 0. The summed E-state index contributed by atoms with van der Waals surface area (Å²) in [6.45, 7) is 1.01. The van der Waals surface area contributed by atoms with E-state index >= 15 is 0 Å². The van der Waals surface area contributed by atoms with Crippen LogP contribution in [-0.2, 0) is 19.4 Å². The third kappa shape index (κ3) is 4.14. The van der Waals surface area contributed by atoms with Crippen molar-refractivity contribution < 1.29 is 18.5 Å². The maximum Gasteiger partial charge on any atom is 0.315 e. The number of nitrogens with zero attached hydrogens (tertiary/aromatic N) is 2. The molecule has 0 radical (unpaired) electrons. The summed E-state index contributed by atoms with van der Waals surface area (Å²) in [6.07, 6.45) is 0. The Bertz CT molecular complexity index is 1250. The number of carbonyl (C=O) groups is 1. The summed E-state index contributed by atoms with van der Waals surface area (Å²) in [6, 6.07) is 17.2. The molecule has 0 aromatic heterocycles. The second kappa shape index (κ2) is 9.10. The molecule has 0 saturated heterocycles. The summed E-state index contributed by atoms with van der Waals surface area (Å²) < 4.78 is 31.9. The first-order chi connectivity index (χ1) is 15.0. The quantitative estimate of drug-likeness (QED) is 0.332. The Hall–Kier alpha value is -2.23. The average molecular weight is 521 g/mol. The van der Waals surface area contributed by atoms with Crippen LogP contribution in [0.3, 0.4) is 0 Å². The molecule has 4 rings (SSSR count). The monoisotopic (exact) mass is 520 g/mol. The zero-order valence-corrected chi connectivity index (χ0v) is 20.3. The fraction of sp³-hybridized carbons (Fsp3) is 0.227. The molecule has 31 heavy (non-hydrogen) atoms. The van der Waals surface area contributed by atoms with Gasteiger partial charge in [-0.25, -0.2) is 8.57 Å². The van der Waals surface area contributed by atoms with Crippen LogP contribution in [0.5, 0.6) is 5.75 Å². The fourth-order valence-electron chi connectivity index (χ4n) is 3.54. The van der Waals surface area contributed by atoms with Gasteiger partial charge in [0.1, 0.15) is 5.75 Å². The molecule has 0 aliphatic carbocycles. The Morgan fingerprint density at radius 3 is 2.55 bits per heavy atom. The minimum atomic E-state index is -2.81. The van der Waals surface area contributed by atoms with Gasteiger partial charge in [-0.3, -0.25) is 9.10 Å². The molecular weight excluding hydrogens is 500 g/mol. The Balaban J connectivity index is 1.88. The van der Waals surface area contributed by atoms with Crippen molar-refractivity contribution in [2.75, 3.05) is 37.4 Å². The van der Waals surface area contributed by atoms with Gasteiger partial charge in [0.25, 0.3) is 0 Å². The van der Waals surface area contributed by atoms with Crippen molar-refractivity contribution in [2.24, 2.45) is 4.36 Å². The Morgan fingerprint density at radius 2 is 1.87 bits per heavy atom. The summed E-state index contributed by atoms with van der Waals surface area (Å²) in [5.74, 6) is 0.507. The first kappa shape index (κ1) is 22.0. The van der Waals surface area contributed by atoms with Gasteiger partial charge in [-0.1, -0.05) is 40.2 Å². The number of rotatable bonds is 6. The van der Waals surface area contributed by atoms with Gasteiger partial charge >= 0.3 is 5.97 Å². The van der Waals surface area contributed by atoms with E-state index in [1.807, 2.05) is 58.9 Å². The number of carbonyl (C=O) groups excluding carboxylic acids is 1. The summed E-state index contributed by atoms with van der Waals surface area (Å²) in [7, 11) is 0.166. The van der Waals surface area contributed by atoms with Gasteiger partial charge in [-0.15, -0.1) is 11.8 Å². The van der Waals surface area contributed by atoms with Crippen LogP contribution in [0.25, 0.3) is 10.8 Å². The lowest BCUT2D eigenvalue weighted by atomic mass is 10.1. The van der Waals surface area contributed by atoms with Crippen LogP contribution in [0, 0.1) is 0 Å². The van der Waals surface area contributed by atoms with Gasteiger partial charge in [-0.2, -0.15) is 0 Å². The molecular formula is C22H21BrN2O4S2. The maximum absolute atomic E-state index is 14.1. The van der Waals surface area contributed by atoms with Gasteiger partial charge in [0.2, 0.25) is 0 Å². The van der Waals surface area contributed by atoms with Crippen molar-refractivity contribution in [3.05, 3.63) is 59.1 Å². The molecule has 1 atom stereocenters. The molecule has 1 unspecified atom stereocenters. The Labute approximate surface area is 194 Å². The number of esters is 1. The van der Waals surface area contributed by atoms with Crippen LogP contribution >= 0.6 is 27.7 Å². The Kier molecular flexibility index (Phi) is 6.45. The van der Waals surface area contributed by atoms with E-state index in [4.69, 9.17) is 9.47 Å². The molecule has 3 aromatic rings. The minimum Gasteiger partial charge on any atom is -0.495 e. The van der Waals surface area contributed by atoms with Gasteiger partial charge < -0.3 is 9.47 Å².